The monoisotopic (exact) mass is 438 g/mol. The van der Waals surface area contributed by atoms with Gasteiger partial charge in [0.15, 0.2) is 5.65 Å². The van der Waals surface area contributed by atoms with E-state index in [2.05, 4.69) is 19.9 Å². The SMILES string of the molecule is COc1cc(OCc2ccccc2)ccc1-c1nc2nc(OCc3ccccc3)ncc2[nH]1. The molecule has 1 N–H and O–H groups in total. The van der Waals surface area contributed by atoms with Crippen molar-refractivity contribution in [2.24, 2.45) is 0 Å². The predicted octanol–water partition coefficient (Wildman–Crippen LogP) is 5.19. The topological polar surface area (TPSA) is 82.2 Å². The summed E-state index contributed by atoms with van der Waals surface area (Å²) < 4.78 is 17.2. The first-order valence-electron chi connectivity index (χ1n) is 10.5. The summed E-state index contributed by atoms with van der Waals surface area (Å²) in [5.41, 5.74) is 4.18. The Morgan fingerprint density at radius 2 is 1.48 bits per heavy atom. The van der Waals surface area contributed by atoms with E-state index in [1.165, 1.54) is 0 Å². The summed E-state index contributed by atoms with van der Waals surface area (Å²) in [6.07, 6.45) is 1.67. The molecule has 0 amide bonds. The third-order valence-electron chi connectivity index (χ3n) is 5.10. The van der Waals surface area contributed by atoms with Crippen LogP contribution in [-0.4, -0.2) is 27.0 Å². The first-order valence-corrected chi connectivity index (χ1v) is 10.5. The van der Waals surface area contributed by atoms with Crippen LogP contribution in [0.15, 0.2) is 85.1 Å². The third-order valence-corrected chi connectivity index (χ3v) is 5.10. The molecule has 0 saturated heterocycles. The minimum atomic E-state index is 0.279. The van der Waals surface area contributed by atoms with Gasteiger partial charge in [-0.3, -0.25) is 0 Å². The number of imidazole rings is 1. The Hall–Kier alpha value is -4.39. The van der Waals surface area contributed by atoms with Crippen LogP contribution in [0.25, 0.3) is 22.6 Å². The van der Waals surface area contributed by atoms with Gasteiger partial charge in [0.25, 0.3) is 0 Å². The van der Waals surface area contributed by atoms with Gasteiger partial charge in [-0.15, -0.1) is 0 Å². The Kier molecular flexibility index (Phi) is 5.84. The molecule has 0 unspecified atom stereocenters. The van der Waals surface area contributed by atoms with Crippen molar-refractivity contribution in [3.8, 4) is 28.9 Å². The van der Waals surface area contributed by atoms with Gasteiger partial charge in [0, 0.05) is 6.07 Å². The van der Waals surface area contributed by atoms with Gasteiger partial charge in [-0.05, 0) is 23.3 Å². The van der Waals surface area contributed by atoms with Gasteiger partial charge >= 0.3 is 6.01 Å². The van der Waals surface area contributed by atoms with Gasteiger partial charge < -0.3 is 19.2 Å². The van der Waals surface area contributed by atoms with Crippen LogP contribution in [0.2, 0.25) is 0 Å². The quantitative estimate of drug-likeness (QED) is 0.359. The minimum Gasteiger partial charge on any atom is -0.496 e. The number of nitrogens with zero attached hydrogens (tertiary/aromatic N) is 3. The molecule has 0 radical (unpaired) electrons. The number of ether oxygens (including phenoxy) is 3. The zero-order valence-corrected chi connectivity index (χ0v) is 18.1. The second kappa shape index (κ2) is 9.40. The van der Waals surface area contributed by atoms with Crippen LogP contribution in [0.5, 0.6) is 17.5 Å². The number of aromatic amines is 1. The summed E-state index contributed by atoms with van der Waals surface area (Å²) in [5, 5.41) is 0. The Morgan fingerprint density at radius 1 is 0.788 bits per heavy atom. The lowest BCUT2D eigenvalue weighted by Crippen LogP contribution is -1.99. The molecule has 0 spiro atoms. The molecule has 0 bridgehead atoms. The number of rotatable bonds is 8. The number of methoxy groups -OCH3 is 1. The smallest absolute Gasteiger partial charge is 0.318 e. The van der Waals surface area contributed by atoms with Crippen LogP contribution in [0, 0.1) is 0 Å². The Bertz CT molecular complexity index is 1350. The molecule has 33 heavy (non-hydrogen) atoms. The van der Waals surface area contributed by atoms with Gasteiger partial charge in [0.2, 0.25) is 0 Å². The highest BCUT2D eigenvalue weighted by molar-refractivity contribution is 5.77. The van der Waals surface area contributed by atoms with E-state index in [4.69, 9.17) is 14.2 Å². The summed E-state index contributed by atoms with van der Waals surface area (Å²) in [7, 11) is 1.62. The van der Waals surface area contributed by atoms with E-state index in [1.807, 2.05) is 78.9 Å². The van der Waals surface area contributed by atoms with Crippen LogP contribution in [-0.2, 0) is 13.2 Å². The largest absolute Gasteiger partial charge is 0.496 e. The molecule has 0 saturated carbocycles. The van der Waals surface area contributed by atoms with Crippen molar-refractivity contribution < 1.29 is 14.2 Å². The molecule has 2 aromatic heterocycles. The summed E-state index contributed by atoms with van der Waals surface area (Å²) in [4.78, 5) is 16.6. The van der Waals surface area contributed by atoms with E-state index in [9.17, 15) is 0 Å². The highest BCUT2D eigenvalue weighted by Gasteiger charge is 2.14. The van der Waals surface area contributed by atoms with Crippen molar-refractivity contribution in [2.75, 3.05) is 7.11 Å². The van der Waals surface area contributed by atoms with Crippen molar-refractivity contribution >= 4 is 11.2 Å². The molecule has 0 aliphatic carbocycles. The van der Waals surface area contributed by atoms with Crippen LogP contribution in [0.1, 0.15) is 11.1 Å². The maximum Gasteiger partial charge on any atom is 0.318 e. The molecule has 5 aromatic rings. The van der Waals surface area contributed by atoms with Crippen molar-refractivity contribution in [1.29, 1.82) is 0 Å². The molecule has 7 heteroatoms. The van der Waals surface area contributed by atoms with E-state index in [1.54, 1.807) is 13.3 Å². The molecule has 5 rings (SSSR count). The second-order valence-electron chi connectivity index (χ2n) is 7.39. The molecular formula is C26H22N4O3. The summed E-state index contributed by atoms with van der Waals surface area (Å²) in [5.74, 6) is 1.99. The number of aromatic nitrogens is 4. The maximum atomic E-state index is 5.91. The first kappa shape index (κ1) is 20.5. The standard InChI is InChI=1S/C26H22N4O3/c1-31-23-14-20(32-16-18-8-4-2-5-9-18)12-13-21(23)24-28-22-15-27-26(30-25(22)29-24)33-17-19-10-6-3-7-11-19/h2-15H,16-17H2,1H3,(H,27,28,29,30). The fraction of sp³-hybridized carbons (Fsp3) is 0.115. The number of nitrogens with one attached hydrogen (secondary N) is 1. The van der Waals surface area contributed by atoms with E-state index in [0.717, 1.165) is 16.7 Å². The molecule has 0 aliphatic rings. The maximum absolute atomic E-state index is 5.91. The lowest BCUT2D eigenvalue weighted by atomic mass is 10.2. The molecular weight excluding hydrogens is 416 g/mol. The molecule has 0 atom stereocenters. The van der Waals surface area contributed by atoms with Gasteiger partial charge in [0.1, 0.15) is 36.1 Å². The molecule has 0 aliphatic heterocycles. The lowest BCUT2D eigenvalue weighted by Gasteiger charge is -2.10. The van der Waals surface area contributed by atoms with Crippen molar-refractivity contribution in [3.63, 3.8) is 0 Å². The fourth-order valence-electron chi connectivity index (χ4n) is 3.41. The first-order chi connectivity index (χ1) is 16.3. The van der Waals surface area contributed by atoms with Crippen LogP contribution in [0.3, 0.4) is 0 Å². The molecule has 3 aromatic carbocycles. The van der Waals surface area contributed by atoms with Gasteiger partial charge in [-0.25, -0.2) is 9.97 Å². The number of H-pyrrole nitrogens is 1. The van der Waals surface area contributed by atoms with Gasteiger partial charge in [-0.2, -0.15) is 4.98 Å². The zero-order chi connectivity index (χ0) is 22.5. The van der Waals surface area contributed by atoms with Crippen LogP contribution in [0.4, 0.5) is 0 Å². The fourth-order valence-corrected chi connectivity index (χ4v) is 3.41. The van der Waals surface area contributed by atoms with Crippen molar-refractivity contribution in [3.05, 3.63) is 96.2 Å². The molecule has 7 nitrogen and oxygen atoms in total. The Balaban J connectivity index is 1.34. The lowest BCUT2D eigenvalue weighted by molar-refractivity contribution is 0.282. The van der Waals surface area contributed by atoms with Gasteiger partial charge in [-0.1, -0.05) is 60.7 Å². The van der Waals surface area contributed by atoms with E-state index >= 15 is 0 Å². The second-order valence-corrected chi connectivity index (χ2v) is 7.39. The van der Waals surface area contributed by atoms with E-state index < -0.39 is 0 Å². The average molecular weight is 438 g/mol. The molecule has 164 valence electrons. The van der Waals surface area contributed by atoms with Gasteiger partial charge in [0.05, 0.1) is 18.9 Å². The summed E-state index contributed by atoms with van der Waals surface area (Å²) in [6.45, 7) is 0.872. The highest BCUT2D eigenvalue weighted by Crippen LogP contribution is 2.33. The Labute approximate surface area is 191 Å². The molecule has 2 heterocycles. The van der Waals surface area contributed by atoms with E-state index in [0.29, 0.717) is 41.7 Å². The van der Waals surface area contributed by atoms with E-state index in [-0.39, 0.29) is 6.01 Å². The number of hydrogen-bond acceptors (Lipinski definition) is 6. The van der Waals surface area contributed by atoms with Crippen molar-refractivity contribution in [2.45, 2.75) is 13.2 Å². The zero-order valence-electron chi connectivity index (χ0n) is 18.1. The van der Waals surface area contributed by atoms with Crippen LogP contribution < -0.4 is 14.2 Å². The Morgan fingerprint density at radius 3 is 2.18 bits per heavy atom. The highest BCUT2D eigenvalue weighted by atomic mass is 16.5. The normalized spacial score (nSPS) is 10.8. The summed E-state index contributed by atoms with van der Waals surface area (Å²) in [6, 6.07) is 25.8. The number of hydrogen-bond donors (Lipinski definition) is 1. The summed E-state index contributed by atoms with van der Waals surface area (Å²) >= 11 is 0. The van der Waals surface area contributed by atoms with Crippen LogP contribution >= 0.6 is 0 Å². The van der Waals surface area contributed by atoms with Crippen molar-refractivity contribution in [1.82, 2.24) is 19.9 Å². The minimum absolute atomic E-state index is 0.279. The average Bonchev–Trinajstić information content (AvgIpc) is 3.30. The predicted molar refractivity (Wildman–Crippen MR) is 125 cm³/mol. The third kappa shape index (κ3) is 4.77. The number of benzene rings is 3. The number of fused-ring (bicyclic) bond motifs is 1. The molecule has 0 fully saturated rings.